The molecule has 2 aromatic carbocycles. The summed E-state index contributed by atoms with van der Waals surface area (Å²) in [5.41, 5.74) is 3.23. The monoisotopic (exact) mass is 324 g/mol. The van der Waals surface area contributed by atoms with E-state index in [1.807, 2.05) is 36.1 Å². The van der Waals surface area contributed by atoms with E-state index >= 15 is 0 Å². The first-order chi connectivity index (χ1) is 11.7. The molecule has 0 radical (unpaired) electrons. The van der Waals surface area contributed by atoms with E-state index in [2.05, 4.69) is 36.1 Å². The quantitative estimate of drug-likeness (QED) is 0.864. The number of benzene rings is 2. The highest BCUT2D eigenvalue weighted by Crippen LogP contribution is 2.19. The number of hydrogen-bond acceptors (Lipinski definition) is 3. The van der Waals surface area contributed by atoms with Gasteiger partial charge in [-0.2, -0.15) is 0 Å². The summed E-state index contributed by atoms with van der Waals surface area (Å²) in [7, 11) is 0. The van der Waals surface area contributed by atoms with E-state index in [9.17, 15) is 4.79 Å². The fraction of sp³-hybridized carbons (Fsp3) is 0.350. The van der Waals surface area contributed by atoms with E-state index in [4.69, 9.17) is 4.74 Å². The van der Waals surface area contributed by atoms with Crippen LogP contribution in [0.3, 0.4) is 0 Å². The van der Waals surface area contributed by atoms with Gasteiger partial charge in [0.05, 0.1) is 6.61 Å². The van der Waals surface area contributed by atoms with Crippen molar-refractivity contribution >= 4 is 11.6 Å². The molecule has 0 aliphatic carbocycles. The Morgan fingerprint density at radius 1 is 1.04 bits per heavy atom. The second kappa shape index (κ2) is 7.39. The molecule has 1 aliphatic heterocycles. The van der Waals surface area contributed by atoms with Gasteiger partial charge in [-0.25, -0.2) is 0 Å². The second-order valence-corrected chi connectivity index (χ2v) is 6.08. The van der Waals surface area contributed by atoms with Crippen molar-refractivity contribution in [1.82, 2.24) is 4.90 Å². The van der Waals surface area contributed by atoms with Gasteiger partial charge < -0.3 is 14.5 Å². The zero-order chi connectivity index (χ0) is 16.9. The van der Waals surface area contributed by atoms with Gasteiger partial charge in [-0.3, -0.25) is 4.79 Å². The maximum atomic E-state index is 12.6. The van der Waals surface area contributed by atoms with Gasteiger partial charge in [-0.15, -0.1) is 0 Å². The molecule has 24 heavy (non-hydrogen) atoms. The summed E-state index contributed by atoms with van der Waals surface area (Å²) in [6.45, 7) is 7.93. The predicted octanol–water partition coefficient (Wildman–Crippen LogP) is 3.36. The molecule has 126 valence electrons. The number of ether oxygens (including phenoxy) is 1. The topological polar surface area (TPSA) is 32.8 Å². The van der Waals surface area contributed by atoms with E-state index in [-0.39, 0.29) is 5.91 Å². The molecule has 4 heteroatoms. The van der Waals surface area contributed by atoms with Crippen LogP contribution < -0.4 is 9.64 Å². The first-order valence-corrected chi connectivity index (χ1v) is 8.51. The van der Waals surface area contributed by atoms with E-state index < -0.39 is 0 Å². The van der Waals surface area contributed by atoms with E-state index in [0.717, 1.165) is 37.5 Å². The summed E-state index contributed by atoms with van der Waals surface area (Å²) in [5.74, 6) is 0.903. The van der Waals surface area contributed by atoms with Crippen molar-refractivity contribution in [2.24, 2.45) is 0 Å². The van der Waals surface area contributed by atoms with Crippen LogP contribution >= 0.6 is 0 Å². The maximum absolute atomic E-state index is 12.6. The third-order valence-electron chi connectivity index (χ3n) is 4.35. The van der Waals surface area contributed by atoms with Gasteiger partial charge in [0.25, 0.3) is 5.91 Å². The van der Waals surface area contributed by atoms with Gasteiger partial charge in [0, 0.05) is 37.4 Å². The molecule has 0 bridgehead atoms. The minimum Gasteiger partial charge on any atom is -0.494 e. The van der Waals surface area contributed by atoms with Crippen LogP contribution in [0.1, 0.15) is 22.8 Å². The van der Waals surface area contributed by atoms with Gasteiger partial charge in [-0.1, -0.05) is 12.1 Å². The van der Waals surface area contributed by atoms with E-state index in [1.54, 1.807) is 0 Å². The molecule has 3 rings (SSSR count). The number of hydrogen-bond donors (Lipinski definition) is 0. The standard InChI is InChI=1S/C20H24N2O2/c1-3-24-19-9-7-17(8-10-19)20(23)22-13-11-21(12-14-22)18-6-4-5-16(2)15-18/h4-10,15H,3,11-14H2,1-2H3. The number of nitrogens with zero attached hydrogens (tertiary/aromatic N) is 2. The molecule has 1 heterocycles. The SMILES string of the molecule is CCOc1ccc(C(=O)N2CCN(c3cccc(C)c3)CC2)cc1. The summed E-state index contributed by atoms with van der Waals surface area (Å²) in [6.07, 6.45) is 0. The molecule has 0 saturated carbocycles. The molecule has 2 aromatic rings. The fourth-order valence-corrected chi connectivity index (χ4v) is 3.04. The van der Waals surface area contributed by atoms with Crippen molar-refractivity contribution < 1.29 is 9.53 Å². The Labute approximate surface area is 143 Å². The molecular weight excluding hydrogens is 300 g/mol. The number of aryl methyl sites for hydroxylation is 1. The molecule has 1 aliphatic rings. The largest absolute Gasteiger partial charge is 0.494 e. The van der Waals surface area contributed by atoms with Crippen LogP contribution in [0.25, 0.3) is 0 Å². The molecule has 0 aromatic heterocycles. The minimum atomic E-state index is 0.0990. The summed E-state index contributed by atoms with van der Waals surface area (Å²) < 4.78 is 5.43. The van der Waals surface area contributed by atoms with Crippen molar-refractivity contribution in [3.8, 4) is 5.75 Å². The molecule has 0 unspecified atom stereocenters. The smallest absolute Gasteiger partial charge is 0.253 e. The number of carbonyl (C=O) groups is 1. The highest BCUT2D eigenvalue weighted by Gasteiger charge is 2.22. The summed E-state index contributed by atoms with van der Waals surface area (Å²) in [6, 6.07) is 15.9. The Kier molecular flexibility index (Phi) is 5.04. The van der Waals surface area contributed by atoms with Crippen molar-refractivity contribution in [2.75, 3.05) is 37.7 Å². The third kappa shape index (κ3) is 3.70. The molecule has 1 saturated heterocycles. The van der Waals surface area contributed by atoms with Crippen LogP contribution in [0, 0.1) is 6.92 Å². The summed E-state index contributed by atoms with van der Waals surface area (Å²) in [5, 5.41) is 0. The van der Waals surface area contributed by atoms with Crippen molar-refractivity contribution in [3.05, 3.63) is 59.7 Å². The van der Waals surface area contributed by atoms with Crippen LogP contribution in [0.15, 0.2) is 48.5 Å². The Morgan fingerprint density at radius 2 is 1.75 bits per heavy atom. The van der Waals surface area contributed by atoms with Crippen molar-refractivity contribution in [1.29, 1.82) is 0 Å². The molecule has 0 atom stereocenters. The lowest BCUT2D eigenvalue weighted by molar-refractivity contribution is 0.0746. The molecule has 0 spiro atoms. The van der Waals surface area contributed by atoms with Gasteiger partial charge in [-0.05, 0) is 55.8 Å². The van der Waals surface area contributed by atoms with Gasteiger partial charge >= 0.3 is 0 Å². The van der Waals surface area contributed by atoms with Gasteiger partial charge in [0.15, 0.2) is 0 Å². The fourth-order valence-electron chi connectivity index (χ4n) is 3.04. The van der Waals surface area contributed by atoms with Crippen LogP contribution in [0.2, 0.25) is 0 Å². The lowest BCUT2D eigenvalue weighted by Crippen LogP contribution is -2.48. The number of rotatable bonds is 4. The van der Waals surface area contributed by atoms with Crippen LogP contribution in [0.5, 0.6) is 5.75 Å². The number of piperazine rings is 1. The molecule has 1 amide bonds. The van der Waals surface area contributed by atoms with Gasteiger partial charge in [0.2, 0.25) is 0 Å². The Balaban J connectivity index is 1.60. The molecule has 1 fully saturated rings. The van der Waals surface area contributed by atoms with Crippen LogP contribution in [0.4, 0.5) is 5.69 Å². The lowest BCUT2D eigenvalue weighted by Gasteiger charge is -2.36. The number of carbonyl (C=O) groups excluding carboxylic acids is 1. The maximum Gasteiger partial charge on any atom is 0.253 e. The van der Waals surface area contributed by atoms with Gasteiger partial charge in [0.1, 0.15) is 5.75 Å². The lowest BCUT2D eigenvalue weighted by atomic mass is 10.1. The van der Waals surface area contributed by atoms with Crippen molar-refractivity contribution in [3.63, 3.8) is 0 Å². The highest BCUT2D eigenvalue weighted by atomic mass is 16.5. The summed E-state index contributed by atoms with van der Waals surface area (Å²) in [4.78, 5) is 16.9. The first-order valence-electron chi connectivity index (χ1n) is 8.51. The highest BCUT2D eigenvalue weighted by molar-refractivity contribution is 5.94. The van der Waals surface area contributed by atoms with Crippen LogP contribution in [-0.4, -0.2) is 43.6 Å². The second-order valence-electron chi connectivity index (χ2n) is 6.08. The normalized spacial score (nSPS) is 14.6. The minimum absolute atomic E-state index is 0.0990. The summed E-state index contributed by atoms with van der Waals surface area (Å²) >= 11 is 0. The third-order valence-corrected chi connectivity index (χ3v) is 4.35. The van der Waals surface area contributed by atoms with E-state index in [1.165, 1.54) is 11.3 Å². The zero-order valence-corrected chi connectivity index (χ0v) is 14.4. The Hall–Kier alpha value is -2.49. The molecule has 4 nitrogen and oxygen atoms in total. The zero-order valence-electron chi connectivity index (χ0n) is 14.4. The Bertz CT molecular complexity index is 689. The van der Waals surface area contributed by atoms with E-state index in [0.29, 0.717) is 6.61 Å². The van der Waals surface area contributed by atoms with Crippen LogP contribution in [-0.2, 0) is 0 Å². The average molecular weight is 324 g/mol. The Morgan fingerprint density at radius 3 is 2.38 bits per heavy atom. The molecular formula is C20H24N2O2. The van der Waals surface area contributed by atoms with Crippen molar-refractivity contribution in [2.45, 2.75) is 13.8 Å². The number of anilines is 1. The average Bonchev–Trinajstić information content (AvgIpc) is 2.62. The predicted molar refractivity (Wildman–Crippen MR) is 96.9 cm³/mol. The number of amides is 1. The first kappa shape index (κ1) is 16.4. The molecule has 0 N–H and O–H groups in total.